The number of Topliss-reactive ketones (excluding diaryl/α,β-unsaturated/α-hetero) is 1. The first kappa shape index (κ1) is 38.9. The maximum absolute atomic E-state index is 16.5. The van der Waals surface area contributed by atoms with Crippen LogP contribution in [0, 0.1) is 0 Å². The highest BCUT2D eigenvalue weighted by molar-refractivity contribution is 9.10. The third kappa shape index (κ3) is 7.83. The molecule has 8 atom stereocenters. The first-order valence-electron chi connectivity index (χ1n) is 18.8. The molecule has 2 fully saturated rings. The summed E-state index contributed by atoms with van der Waals surface area (Å²) < 4.78 is 1.84. The van der Waals surface area contributed by atoms with Crippen LogP contribution in [0.25, 0.3) is 0 Å². The van der Waals surface area contributed by atoms with E-state index in [0.29, 0.717) is 22.9 Å². The highest BCUT2D eigenvalue weighted by atomic mass is 79.9. The van der Waals surface area contributed by atoms with Crippen LogP contribution >= 0.6 is 55.1 Å². The number of halogens is 4. The second-order valence-electron chi connectivity index (χ2n) is 14.7. The molecule has 2 heterocycles. The third-order valence-electron chi connectivity index (χ3n) is 11.5. The molecule has 0 aliphatic carbocycles. The summed E-state index contributed by atoms with van der Waals surface area (Å²) in [5.41, 5.74) is 5.34. The van der Waals surface area contributed by atoms with E-state index < -0.39 is 36.4 Å². The van der Waals surface area contributed by atoms with Gasteiger partial charge in [0.1, 0.15) is 12.5 Å². The first-order chi connectivity index (χ1) is 27.2. The Bertz CT molecular complexity index is 2090. The van der Waals surface area contributed by atoms with E-state index in [4.69, 9.17) is 23.2 Å². The Morgan fingerprint density at radius 1 is 0.518 bits per heavy atom. The van der Waals surface area contributed by atoms with Gasteiger partial charge >= 0.3 is 0 Å². The quantitative estimate of drug-likeness (QED) is 0.143. The number of carbonyl (C=O) groups excluding carboxylic acids is 1. The number of aliphatic hydroxyl groups is 2. The molecule has 6 aromatic carbocycles. The molecule has 2 N–H and O–H groups in total. The number of hydrogen-bond acceptors (Lipinski definition) is 5. The lowest BCUT2D eigenvalue weighted by atomic mass is 9.70. The molecule has 284 valence electrons. The summed E-state index contributed by atoms with van der Waals surface area (Å²) in [6.07, 6.45) is -0.915. The molecular weight excluding hydrogens is 871 g/mol. The van der Waals surface area contributed by atoms with Crippen molar-refractivity contribution in [3.8, 4) is 0 Å². The Morgan fingerprint density at radius 2 is 0.857 bits per heavy atom. The lowest BCUT2D eigenvalue weighted by molar-refractivity contribution is -0.123. The molecule has 0 saturated carbocycles. The van der Waals surface area contributed by atoms with Gasteiger partial charge in [0.2, 0.25) is 0 Å². The summed E-state index contributed by atoms with van der Waals surface area (Å²) in [4.78, 5) is 20.6. The van der Waals surface area contributed by atoms with Gasteiger partial charge in [0.15, 0.2) is 5.78 Å². The Labute approximate surface area is 354 Å². The summed E-state index contributed by atoms with van der Waals surface area (Å²) in [6, 6.07) is 50.3. The van der Waals surface area contributed by atoms with Crippen LogP contribution in [0.15, 0.2) is 167 Å². The maximum atomic E-state index is 16.5. The molecule has 0 amide bonds. The molecule has 2 saturated heterocycles. The summed E-state index contributed by atoms with van der Waals surface area (Å²) in [5, 5.41) is 25.4. The lowest BCUT2D eigenvalue weighted by Gasteiger charge is -2.42. The number of carbonyl (C=O) groups is 1. The second-order valence-corrected chi connectivity index (χ2v) is 17.4. The molecule has 56 heavy (non-hydrogen) atoms. The van der Waals surface area contributed by atoms with E-state index in [9.17, 15) is 10.2 Å². The van der Waals surface area contributed by atoms with Gasteiger partial charge in [-0.25, -0.2) is 0 Å². The van der Waals surface area contributed by atoms with Crippen molar-refractivity contribution in [2.75, 3.05) is 9.80 Å². The number of benzene rings is 6. The fraction of sp³-hybridized carbons (Fsp3) is 0.213. The van der Waals surface area contributed by atoms with Crippen LogP contribution in [0.3, 0.4) is 0 Å². The first-order valence-corrected chi connectivity index (χ1v) is 21.1. The van der Waals surface area contributed by atoms with Gasteiger partial charge in [-0.05, 0) is 95.1 Å². The average molecular weight is 912 g/mol. The molecule has 6 aromatic rings. The summed E-state index contributed by atoms with van der Waals surface area (Å²) in [6.45, 7) is 0. The number of anilines is 2. The molecule has 9 heteroatoms. The Hall–Kier alpha value is -3.95. The van der Waals surface area contributed by atoms with Crippen molar-refractivity contribution in [2.45, 2.75) is 61.1 Å². The minimum atomic E-state index is -0.870. The lowest BCUT2D eigenvalue weighted by Crippen LogP contribution is -2.49. The van der Waals surface area contributed by atoms with Crippen LogP contribution in [-0.4, -0.2) is 40.5 Å². The molecule has 0 bridgehead atoms. The van der Waals surface area contributed by atoms with Crippen LogP contribution < -0.4 is 9.80 Å². The van der Waals surface area contributed by atoms with Gasteiger partial charge in [-0.1, -0.05) is 140 Å². The number of ketones is 1. The molecule has 0 spiro atoms. The van der Waals surface area contributed by atoms with Gasteiger partial charge in [0.25, 0.3) is 0 Å². The van der Waals surface area contributed by atoms with Crippen molar-refractivity contribution in [3.63, 3.8) is 0 Å². The molecule has 0 radical (unpaired) electrons. The molecule has 2 aliphatic rings. The van der Waals surface area contributed by atoms with E-state index in [0.717, 1.165) is 42.6 Å². The average Bonchev–Trinajstić information content (AvgIpc) is 3.73. The molecule has 5 nitrogen and oxygen atoms in total. The Kier molecular flexibility index (Phi) is 11.7. The Morgan fingerprint density at radius 3 is 1.20 bits per heavy atom. The van der Waals surface area contributed by atoms with Crippen molar-refractivity contribution in [1.82, 2.24) is 0 Å². The van der Waals surface area contributed by atoms with E-state index in [2.05, 4.69) is 31.9 Å². The molecular formula is C47H40Br2Cl2N2O3. The van der Waals surface area contributed by atoms with E-state index >= 15 is 4.79 Å². The number of hydrogen-bond donors (Lipinski definition) is 2. The summed E-state index contributed by atoms with van der Waals surface area (Å²) in [7, 11) is 0. The highest BCUT2D eigenvalue weighted by Crippen LogP contribution is 2.52. The van der Waals surface area contributed by atoms with Gasteiger partial charge in [-0.2, -0.15) is 0 Å². The van der Waals surface area contributed by atoms with Gasteiger partial charge in [-0.3, -0.25) is 4.79 Å². The smallest absolute Gasteiger partial charge is 0.151 e. The standard InChI is InChI=1S/C47H40Br2Cl2N2O3/c48-33-15-23-37(24-16-33)52-41(54)27-39(29-11-19-35(50)20-12-29)45(52)43(31-7-3-1-4-8-31)47(56)44(32-9-5-2-6-10-32)46-40(30-13-21-36(51)22-14-30)28-42(55)53(46)38-25-17-34(49)18-26-38/h1-26,39-46,54-55H,27-28H2/t39-,40-,41+,42+,43?,44?,45+,46+/m0/s1. The zero-order valence-electron chi connectivity index (χ0n) is 30.3. The molecule has 0 aromatic heterocycles. The third-order valence-corrected chi connectivity index (χ3v) is 13.1. The second kappa shape index (κ2) is 16.9. The van der Waals surface area contributed by atoms with Crippen LogP contribution in [0.5, 0.6) is 0 Å². The van der Waals surface area contributed by atoms with Crippen molar-refractivity contribution < 1.29 is 15.0 Å². The van der Waals surface area contributed by atoms with E-state index in [1.54, 1.807) is 0 Å². The van der Waals surface area contributed by atoms with Crippen LogP contribution in [0.1, 0.15) is 58.8 Å². The van der Waals surface area contributed by atoms with Gasteiger partial charge in [0, 0.05) is 55.0 Å². The van der Waals surface area contributed by atoms with E-state index in [1.807, 2.05) is 168 Å². The fourth-order valence-electron chi connectivity index (χ4n) is 9.11. The topological polar surface area (TPSA) is 64.0 Å². The maximum Gasteiger partial charge on any atom is 0.151 e. The van der Waals surface area contributed by atoms with Crippen LogP contribution in [-0.2, 0) is 4.79 Å². The minimum Gasteiger partial charge on any atom is -0.374 e. The van der Waals surface area contributed by atoms with E-state index in [-0.39, 0.29) is 17.6 Å². The number of rotatable bonds is 10. The number of nitrogens with zero attached hydrogens (tertiary/aromatic N) is 2. The molecule has 8 rings (SSSR count). The fourth-order valence-corrected chi connectivity index (χ4v) is 9.89. The highest BCUT2D eigenvalue weighted by Gasteiger charge is 2.54. The zero-order valence-corrected chi connectivity index (χ0v) is 34.9. The monoisotopic (exact) mass is 908 g/mol. The van der Waals surface area contributed by atoms with Crippen LogP contribution in [0.4, 0.5) is 11.4 Å². The van der Waals surface area contributed by atoms with Crippen molar-refractivity contribution in [2.24, 2.45) is 0 Å². The van der Waals surface area contributed by atoms with Gasteiger partial charge < -0.3 is 20.0 Å². The zero-order chi connectivity index (χ0) is 38.9. The van der Waals surface area contributed by atoms with Gasteiger partial charge in [0.05, 0.1) is 23.9 Å². The molecule has 2 unspecified atom stereocenters. The van der Waals surface area contributed by atoms with E-state index in [1.165, 1.54) is 0 Å². The largest absolute Gasteiger partial charge is 0.374 e. The number of aliphatic hydroxyl groups excluding tert-OH is 2. The van der Waals surface area contributed by atoms with Crippen molar-refractivity contribution >= 4 is 72.2 Å². The normalized spacial score (nSPS) is 23.2. The van der Waals surface area contributed by atoms with Crippen LogP contribution in [0.2, 0.25) is 10.0 Å². The SMILES string of the molecule is O=C(C(c1ccccc1)[C@H]1[C@H](c2ccc(Cl)cc2)C[C@@H](O)N1c1ccc(Br)cc1)C(c1ccccc1)[C@H]1[C@H](c2ccc(Cl)cc2)C[C@@H](O)N1c1ccc(Br)cc1. The summed E-state index contributed by atoms with van der Waals surface area (Å²) in [5.74, 6) is -1.89. The van der Waals surface area contributed by atoms with Crippen molar-refractivity contribution in [1.29, 1.82) is 0 Å². The molecule has 2 aliphatic heterocycles. The predicted molar refractivity (Wildman–Crippen MR) is 234 cm³/mol. The predicted octanol–water partition coefficient (Wildman–Crippen LogP) is 11.7. The Balaban J connectivity index is 1.36. The van der Waals surface area contributed by atoms with Gasteiger partial charge in [-0.15, -0.1) is 0 Å². The van der Waals surface area contributed by atoms with Crippen molar-refractivity contribution in [3.05, 3.63) is 199 Å². The summed E-state index contributed by atoms with van der Waals surface area (Å²) >= 11 is 20.0. The minimum absolute atomic E-state index is 0.00255.